The van der Waals surface area contributed by atoms with E-state index in [1.807, 2.05) is 0 Å². The van der Waals surface area contributed by atoms with Gasteiger partial charge in [-0.2, -0.15) is 0 Å². The van der Waals surface area contributed by atoms with Gasteiger partial charge in [0.25, 0.3) is 0 Å². The molecule has 0 aliphatic carbocycles. The molecule has 0 aromatic rings. The summed E-state index contributed by atoms with van der Waals surface area (Å²) in [5.41, 5.74) is 0. The molecule has 0 saturated heterocycles. The van der Waals surface area contributed by atoms with Gasteiger partial charge in [0, 0.05) is 44.8 Å². The molecule has 1 nitrogen and oxygen atoms in total. The monoisotopic (exact) mass is 459 g/mol. The second-order valence-electron chi connectivity index (χ2n) is 0. The zero-order valence-electron chi connectivity index (χ0n) is 2.55. The molecule has 2 radical (unpaired) electrons. The summed E-state index contributed by atoms with van der Waals surface area (Å²) in [6.07, 6.45) is 0. The van der Waals surface area contributed by atoms with Crippen LogP contribution in [-0.4, -0.2) is 0 Å². The third-order valence-corrected chi connectivity index (χ3v) is 0. The van der Waals surface area contributed by atoms with E-state index in [0.29, 0.717) is 0 Å². The molecule has 5 heavy (non-hydrogen) atoms. The molecule has 0 heterocycles. The molecule has 0 fully saturated rings. The van der Waals surface area contributed by atoms with Gasteiger partial charge in [0.2, 0.25) is 0 Å². The van der Waals surface area contributed by atoms with Crippen LogP contribution in [0.4, 0.5) is 0 Å². The first-order valence-electron chi connectivity index (χ1n) is 0.224. The van der Waals surface area contributed by atoms with Crippen molar-refractivity contribution in [1.29, 1.82) is 5.26 Å². The van der Waals surface area contributed by atoms with Crippen LogP contribution in [-0.2, 0) is 44.8 Å². The molecule has 0 aliphatic rings. The van der Waals surface area contributed by atoms with Crippen LogP contribution in [0.1, 0.15) is 0 Å². The van der Waals surface area contributed by atoms with Crippen LogP contribution in [0.3, 0.4) is 0 Å². The zero-order valence-corrected chi connectivity index (χ0v) is 10.0. The van der Waals surface area contributed by atoms with Gasteiger partial charge in [-0.25, -0.2) is 0 Å². The Morgan fingerprint density at radius 2 is 1.00 bits per heavy atom. The average molecular weight is 459 g/mol. The van der Waals surface area contributed by atoms with Crippen molar-refractivity contribution in [1.82, 2.24) is 0 Å². The van der Waals surface area contributed by atoms with Gasteiger partial charge in [-0.15, -0.1) is 0 Å². The van der Waals surface area contributed by atoms with E-state index >= 15 is 0 Å². The number of hydrogen-bond donors (Lipinski definition) is 0. The van der Waals surface area contributed by atoms with Crippen molar-refractivity contribution in [3.8, 4) is 0 Å². The van der Waals surface area contributed by atoms with E-state index in [9.17, 15) is 0 Å². The van der Waals surface area contributed by atoms with Gasteiger partial charge in [0.05, 0.1) is 0 Å². The fourth-order valence-corrected chi connectivity index (χ4v) is 0. The predicted molar refractivity (Wildman–Crippen MR) is 4.97 cm³/mol. The Labute approximate surface area is 105 Å². The molecule has 0 atom stereocenters. The van der Waals surface area contributed by atoms with Crippen molar-refractivity contribution >= 4 is 0 Å². The summed E-state index contributed by atoms with van der Waals surface area (Å²) in [6, 6.07) is 0. The van der Waals surface area contributed by atoms with Gasteiger partial charge in [-0.05, 0) is 0 Å². The van der Waals surface area contributed by atoms with Crippen LogP contribution in [0, 0.1) is 11.8 Å². The average Bonchev–Trinajstić information content (AvgIpc) is 1.00. The van der Waals surface area contributed by atoms with Crippen LogP contribution >= 0.6 is 0 Å². The molecule has 0 aromatic heterocycles. The van der Waals surface area contributed by atoms with E-state index in [4.69, 9.17) is 11.8 Å². The molecule has 0 spiro atoms. The van der Waals surface area contributed by atoms with E-state index < -0.39 is 0 Å². The van der Waals surface area contributed by atoms with Crippen molar-refractivity contribution in [2.24, 2.45) is 0 Å². The Hall–Kier alpha value is 2.61. The molecule has 0 saturated carbocycles. The minimum atomic E-state index is 0. The third-order valence-electron chi connectivity index (χ3n) is 0. The maximum Gasteiger partial charge on any atom is 1.00 e. The molecule has 0 rings (SSSR count). The molecule has 0 unspecified atom stereocenters. The second-order valence-corrected chi connectivity index (χ2v) is 0. The quantitative estimate of drug-likeness (QED) is 0.282. The first-order valence-corrected chi connectivity index (χ1v) is 0.224. The van der Waals surface area contributed by atoms with Gasteiger partial charge < -0.3 is 11.8 Å². The molecule has 32 valence electrons. The summed E-state index contributed by atoms with van der Waals surface area (Å²) in [7, 11) is 0. The summed E-state index contributed by atoms with van der Waals surface area (Å²) in [5.74, 6) is 0. The Bertz CT molecular complexity index is 14.4. The first kappa shape index (κ1) is 25.5. The zero-order chi connectivity index (χ0) is 2.00. The van der Waals surface area contributed by atoms with E-state index in [0.717, 1.165) is 0 Å². The molecule has 0 amide bonds. The topological polar surface area (TPSA) is 23.8 Å². The van der Waals surface area contributed by atoms with E-state index in [-0.39, 0.29) is 96.1 Å². The van der Waals surface area contributed by atoms with Crippen molar-refractivity contribution in [2.75, 3.05) is 0 Å². The maximum absolute atomic E-state index is 6.25. The Morgan fingerprint density at radius 1 is 1.00 bits per heavy atom. The molecule has 0 N–H and O–H groups in total. The van der Waals surface area contributed by atoms with Gasteiger partial charge >= 0.3 is 51.4 Å². The summed E-state index contributed by atoms with van der Waals surface area (Å²) in [4.78, 5) is 0. The minimum Gasteiger partial charge on any atom is -0.512 e. The predicted octanol–water partition coefficient (Wildman–Crippen LogP) is -2.90. The van der Waals surface area contributed by atoms with Crippen molar-refractivity contribution in [3.63, 3.8) is 0 Å². The Kier molecular flexibility index (Phi) is 156. The fourth-order valence-electron chi connectivity index (χ4n) is 0. The summed E-state index contributed by atoms with van der Waals surface area (Å²) >= 11 is 0. The van der Waals surface area contributed by atoms with Gasteiger partial charge in [-0.3, -0.25) is 0 Å². The van der Waals surface area contributed by atoms with E-state index in [2.05, 4.69) is 0 Å². The number of nitrogens with zero attached hydrogens (tertiary/aromatic N) is 1. The Morgan fingerprint density at radius 3 is 1.00 bits per heavy atom. The van der Waals surface area contributed by atoms with Crippen LogP contribution in [0.15, 0.2) is 0 Å². The van der Waals surface area contributed by atoms with Gasteiger partial charge in [0.1, 0.15) is 0 Å². The molecule has 0 bridgehead atoms. The normalized spacial score (nSPS) is 0.400. The molecule has 0 aliphatic heterocycles. The van der Waals surface area contributed by atoms with Gasteiger partial charge in [0.15, 0.2) is 0 Å². The molecule has 4 heteroatoms. The Balaban J connectivity index is -0.00000000167. The van der Waals surface area contributed by atoms with Crippen LogP contribution in [0.5, 0.6) is 0 Å². The first-order chi connectivity index (χ1) is 1.00. The van der Waals surface area contributed by atoms with Crippen LogP contribution in [0.2, 0.25) is 0 Å². The van der Waals surface area contributed by atoms with Crippen molar-refractivity contribution in [2.45, 2.75) is 0 Å². The van der Waals surface area contributed by atoms with Crippen molar-refractivity contribution in [3.05, 3.63) is 6.57 Å². The largest absolute Gasteiger partial charge is 1.00 e. The summed E-state index contributed by atoms with van der Waals surface area (Å²) in [6.45, 7) is 4.75. The SMILES string of the molecule is [Au].[Au].[C-]#N.[K+]. The van der Waals surface area contributed by atoms with E-state index in [1.54, 1.807) is 0 Å². The molecular weight excluding hydrogens is 459 g/mol. The number of rotatable bonds is 0. The summed E-state index contributed by atoms with van der Waals surface area (Å²) in [5, 5.41) is 6.25. The third kappa shape index (κ3) is 20.6. The minimum absolute atomic E-state index is 0. The van der Waals surface area contributed by atoms with Crippen LogP contribution < -0.4 is 51.4 Å². The second kappa shape index (κ2) is 30.6. The maximum atomic E-state index is 6.25. The number of hydrogen-bond acceptors (Lipinski definition) is 1. The fraction of sp³-hybridized carbons (Fsp3) is 0. The van der Waals surface area contributed by atoms with E-state index in [1.165, 1.54) is 0 Å². The molecular formula is CAu2KN. The molecule has 0 aromatic carbocycles. The standard InChI is InChI=1S/CN.2Au.K/c1-2;;;/q-1;;;+1. The van der Waals surface area contributed by atoms with Crippen LogP contribution in [0.25, 0.3) is 0 Å². The van der Waals surface area contributed by atoms with Crippen molar-refractivity contribution < 1.29 is 96.1 Å². The summed E-state index contributed by atoms with van der Waals surface area (Å²) < 4.78 is 0. The smallest absolute Gasteiger partial charge is 0.512 e. The van der Waals surface area contributed by atoms with Gasteiger partial charge in [-0.1, -0.05) is 0 Å².